The minimum absolute atomic E-state index is 0.0522. The number of fused-ring (bicyclic) bond motifs is 1. The molecule has 9 heteroatoms. The number of methoxy groups -OCH3 is 1. The molecule has 2 aromatic rings. The van der Waals surface area contributed by atoms with Crippen molar-refractivity contribution in [2.24, 2.45) is 5.92 Å². The monoisotopic (exact) mass is 589 g/mol. The third-order valence-electron chi connectivity index (χ3n) is 8.13. The first-order chi connectivity index (χ1) is 19.2. The van der Waals surface area contributed by atoms with Crippen LogP contribution in [0.4, 0.5) is 10.1 Å². The van der Waals surface area contributed by atoms with Crippen LogP contribution in [-0.4, -0.2) is 39.5 Å². The maximum atomic E-state index is 15.4. The van der Waals surface area contributed by atoms with E-state index in [1.807, 2.05) is 34.6 Å². The van der Waals surface area contributed by atoms with E-state index in [0.717, 1.165) is 49.7 Å². The molecule has 0 unspecified atom stereocenters. The second-order valence-corrected chi connectivity index (χ2v) is 14.2. The van der Waals surface area contributed by atoms with Gasteiger partial charge in [0.25, 0.3) is 0 Å². The molecule has 1 atom stereocenters. The van der Waals surface area contributed by atoms with Gasteiger partial charge in [-0.05, 0) is 113 Å². The van der Waals surface area contributed by atoms with Crippen molar-refractivity contribution < 1.29 is 31.8 Å². The fraction of sp³-hybridized carbons (Fsp3) is 0.594. The lowest BCUT2D eigenvalue weighted by molar-refractivity contribution is -0.164. The molecule has 2 aromatic carbocycles. The number of rotatable bonds is 8. The topological polar surface area (TPSA) is 90.9 Å². The first kappa shape index (κ1) is 31.3. The van der Waals surface area contributed by atoms with Crippen molar-refractivity contribution in [3.05, 3.63) is 45.8 Å². The zero-order valence-corrected chi connectivity index (χ0v) is 26.2. The van der Waals surface area contributed by atoms with Crippen LogP contribution in [0.15, 0.2) is 12.1 Å². The summed E-state index contributed by atoms with van der Waals surface area (Å²) >= 11 is 0. The fourth-order valence-corrected chi connectivity index (χ4v) is 7.79. The predicted octanol–water partition coefficient (Wildman–Crippen LogP) is 7.09. The highest BCUT2D eigenvalue weighted by Crippen LogP contribution is 2.45. The molecule has 1 fully saturated rings. The van der Waals surface area contributed by atoms with E-state index in [0.29, 0.717) is 46.5 Å². The van der Waals surface area contributed by atoms with E-state index in [9.17, 15) is 13.2 Å². The van der Waals surface area contributed by atoms with Gasteiger partial charge in [0.05, 0.1) is 30.8 Å². The highest BCUT2D eigenvalue weighted by molar-refractivity contribution is 7.92. The Bertz CT molecular complexity index is 1410. The average molecular weight is 590 g/mol. The van der Waals surface area contributed by atoms with Crippen LogP contribution in [0, 0.1) is 32.5 Å². The quantitative estimate of drug-likeness (QED) is 0.331. The van der Waals surface area contributed by atoms with Gasteiger partial charge in [-0.1, -0.05) is 19.3 Å². The average Bonchev–Trinajstić information content (AvgIpc) is 2.90. The summed E-state index contributed by atoms with van der Waals surface area (Å²) in [6.45, 7) is 11.5. The van der Waals surface area contributed by atoms with Crippen molar-refractivity contribution in [2.75, 3.05) is 24.2 Å². The number of sulfonamides is 1. The fourth-order valence-electron chi connectivity index (χ4n) is 6.21. The molecule has 41 heavy (non-hydrogen) atoms. The standard InChI is InChI=1S/C32H44FNO6S/c1-19-16-26(34-41(36,37)18-22-12-9-8-10-13-22)21(3)28(30(31(35)38-7)40-32(4,5)6)27(19)24-17-25(33)29-23(20(24)2)14-11-15-39-29/h16-17,22,30,34H,8-15,18H2,1-7H3/t30-/m0/s1. The molecule has 0 aromatic heterocycles. The lowest BCUT2D eigenvalue weighted by Gasteiger charge is -2.31. The Kier molecular flexibility index (Phi) is 9.38. The molecule has 0 saturated heterocycles. The summed E-state index contributed by atoms with van der Waals surface area (Å²) in [6, 6.07) is 3.22. The number of esters is 1. The van der Waals surface area contributed by atoms with E-state index in [4.69, 9.17) is 14.2 Å². The van der Waals surface area contributed by atoms with E-state index < -0.39 is 33.5 Å². The molecule has 1 aliphatic carbocycles. The van der Waals surface area contributed by atoms with Crippen LogP contribution in [0.25, 0.3) is 11.1 Å². The number of aryl methyl sites for hydroxylation is 1. The van der Waals surface area contributed by atoms with E-state index in [1.54, 1.807) is 13.0 Å². The Morgan fingerprint density at radius 3 is 2.41 bits per heavy atom. The van der Waals surface area contributed by atoms with Crippen LogP contribution in [-0.2, 0) is 30.7 Å². The number of benzene rings is 2. The minimum Gasteiger partial charge on any atom is -0.490 e. The van der Waals surface area contributed by atoms with E-state index in [1.165, 1.54) is 13.2 Å². The second kappa shape index (κ2) is 12.3. The smallest absolute Gasteiger partial charge is 0.339 e. The van der Waals surface area contributed by atoms with Gasteiger partial charge >= 0.3 is 5.97 Å². The maximum Gasteiger partial charge on any atom is 0.339 e. The zero-order valence-electron chi connectivity index (χ0n) is 25.4. The Morgan fingerprint density at radius 1 is 1.10 bits per heavy atom. The Morgan fingerprint density at radius 2 is 1.78 bits per heavy atom. The Balaban J connectivity index is 1.92. The lowest BCUT2D eigenvalue weighted by Crippen LogP contribution is -2.30. The molecule has 0 radical (unpaired) electrons. The van der Waals surface area contributed by atoms with Gasteiger partial charge in [-0.3, -0.25) is 4.72 Å². The molecular weight excluding hydrogens is 545 g/mol. The molecule has 1 heterocycles. The van der Waals surface area contributed by atoms with Crippen molar-refractivity contribution in [3.8, 4) is 16.9 Å². The second-order valence-electron chi connectivity index (χ2n) is 12.5. The van der Waals surface area contributed by atoms with Gasteiger partial charge in [-0.25, -0.2) is 17.6 Å². The molecule has 4 rings (SSSR count). The van der Waals surface area contributed by atoms with Crippen LogP contribution in [0.2, 0.25) is 0 Å². The van der Waals surface area contributed by atoms with Crippen LogP contribution in [0.5, 0.6) is 5.75 Å². The third kappa shape index (κ3) is 7.05. The van der Waals surface area contributed by atoms with Gasteiger partial charge in [0, 0.05) is 11.1 Å². The molecule has 2 aliphatic rings. The van der Waals surface area contributed by atoms with Gasteiger partial charge < -0.3 is 14.2 Å². The van der Waals surface area contributed by atoms with Crippen molar-refractivity contribution in [1.82, 2.24) is 0 Å². The van der Waals surface area contributed by atoms with Gasteiger partial charge in [0.1, 0.15) is 0 Å². The predicted molar refractivity (Wildman–Crippen MR) is 159 cm³/mol. The molecule has 226 valence electrons. The van der Waals surface area contributed by atoms with Gasteiger partial charge in [0.15, 0.2) is 17.7 Å². The van der Waals surface area contributed by atoms with E-state index in [-0.39, 0.29) is 17.4 Å². The summed E-state index contributed by atoms with van der Waals surface area (Å²) in [6.07, 6.45) is 5.32. The van der Waals surface area contributed by atoms with Gasteiger partial charge in [-0.2, -0.15) is 0 Å². The minimum atomic E-state index is -3.66. The van der Waals surface area contributed by atoms with E-state index in [2.05, 4.69) is 4.72 Å². The maximum absolute atomic E-state index is 15.4. The summed E-state index contributed by atoms with van der Waals surface area (Å²) in [5, 5.41) is 0. The van der Waals surface area contributed by atoms with Crippen LogP contribution < -0.4 is 9.46 Å². The molecule has 0 amide bonds. The van der Waals surface area contributed by atoms with Gasteiger partial charge in [-0.15, -0.1) is 0 Å². The molecule has 0 spiro atoms. The lowest BCUT2D eigenvalue weighted by atomic mass is 9.83. The summed E-state index contributed by atoms with van der Waals surface area (Å²) in [4.78, 5) is 13.3. The molecule has 0 bridgehead atoms. The number of nitrogens with one attached hydrogen (secondary N) is 1. The van der Waals surface area contributed by atoms with Crippen LogP contribution >= 0.6 is 0 Å². The number of hydrogen-bond acceptors (Lipinski definition) is 6. The summed E-state index contributed by atoms with van der Waals surface area (Å²) in [5.41, 5.74) is 4.22. The number of ether oxygens (including phenoxy) is 3. The molecule has 1 aliphatic heterocycles. The van der Waals surface area contributed by atoms with Crippen molar-refractivity contribution in [1.29, 1.82) is 0 Å². The highest BCUT2D eigenvalue weighted by Gasteiger charge is 2.35. The summed E-state index contributed by atoms with van der Waals surface area (Å²) in [7, 11) is -2.37. The normalized spacial score (nSPS) is 17.0. The molecule has 1 saturated carbocycles. The highest BCUT2D eigenvalue weighted by atomic mass is 32.2. The van der Waals surface area contributed by atoms with Gasteiger partial charge in [0.2, 0.25) is 10.0 Å². The molecular formula is C32H44FNO6S. The molecule has 7 nitrogen and oxygen atoms in total. The van der Waals surface area contributed by atoms with Crippen molar-refractivity contribution in [2.45, 2.75) is 98.2 Å². The van der Waals surface area contributed by atoms with E-state index >= 15 is 4.39 Å². The summed E-state index contributed by atoms with van der Waals surface area (Å²) < 4.78 is 62.1. The molecule has 1 N–H and O–H groups in total. The largest absolute Gasteiger partial charge is 0.490 e. The number of halogens is 1. The van der Waals surface area contributed by atoms with Crippen LogP contribution in [0.3, 0.4) is 0 Å². The van der Waals surface area contributed by atoms with Crippen molar-refractivity contribution >= 4 is 21.7 Å². The first-order valence-electron chi connectivity index (χ1n) is 14.6. The number of anilines is 1. The number of carbonyl (C=O) groups is 1. The number of carbonyl (C=O) groups excluding carboxylic acids is 1. The third-order valence-corrected chi connectivity index (χ3v) is 9.57. The van der Waals surface area contributed by atoms with Crippen molar-refractivity contribution in [3.63, 3.8) is 0 Å². The zero-order chi connectivity index (χ0) is 30.1. The Labute approximate surface area is 244 Å². The SMILES string of the molecule is COC(=O)[C@@H](OC(C)(C)C)c1c(C)c(NS(=O)(=O)CC2CCCCC2)cc(C)c1-c1cc(F)c2c(c1C)CCCO2. The summed E-state index contributed by atoms with van der Waals surface area (Å²) in [5.74, 6) is -0.638. The first-order valence-corrected chi connectivity index (χ1v) is 16.2. The number of hydrogen-bond donors (Lipinski definition) is 1. The van der Waals surface area contributed by atoms with Crippen LogP contribution in [0.1, 0.15) is 93.2 Å². The Hall–Kier alpha value is -2.65.